The fourth-order valence-electron chi connectivity index (χ4n) is 2.18. The topological polar surface area (TPSA) is 42.8 Å². The average molecular weight is 528 g/mol. The monoisotopic (exact) mass is 526 g/mol. The van der Waals surface area contributed by atoms with E-state index < -0.39 is 18.1 Å². The van der Waals surface area contributed by atoms with E-state index in [1.165, 1.54) is 19.2 Å². The van der Waals surface area contributed by atoms with Crippen molar-refractivity contribution in [2.24, 2.45) is 5.10 Å². The Morgan fingerprint density at radius 3 is 2.19 bits per heavy atom. The smallest absolute Gasteiger partial charge is 0.462 e. The van der Waals surface area contributed by atoms with Gasteiger partial charge >= 0.3 is 18.1 Å². The van der Waals surface area contributed by atoms with E-state index in [2.05, 4.69) is 5.10 Å². The molecule has 0 atom stereocenters. The van der Waals surface area contributed by atoms with Gasteiger partial charge in [0.05, 0.1) is 18.3 Å². The number of methoxy groups -OCH3 is 1. The largest absolute Gasteiger partial charge is 0.493 e. The quantitative estimate of drug-likeness (QED) is 0.175. The van der Waals surface area contributed by atoms with Crippen molar-refractivity contribution in [2.75, 3.05) is 7.11 Å². The molecule has 0 unspecified atom stereocenters. The molecule has 2 aromatic rings. The number of hydrogen-bond donors (Lipinski definition) is 1. The van der Waals surface area contributed by atoms with Crippen LogP contribution in [0.4, 0.5) is 30.7 Å². The third-order valence-electron chi connectivity index (χ3n) is 3.81. The summed E-state index contributed by atoms with van der Waals surface area (Å²) in [6.07, 6.45) is -5.94. The number of halogens is 10. The minimum Gasteiger partial charge on any atom is -0.493 e. The lowest BCUT2D eigenvalue weighted by Crippen LogP contribution is -2.58. The fraction of sp³-hybridized carbons (Fsp3) is 0.278. The van der Waals surface area contributed by atoms with E-state index in [0.717, 1.165) is 6.07 Å². The highest BCUT2D eigenvalue weighted by atomic mass is 35.5. The highest BCUT2D eigenvalue weighted by Gasteiger charge is 2.73. The molecule has 0 fully saturated rings. The van der Waals surface area contributed by atoms with Gasteiger partial charge < -0.3 is 9.47 Å². The molecular weight excluding hydrogens is 516 g/mol. The first-order valence-corrected chi connectivity index (χ1v) is 9.40. The maximum absolute atomic E-state index is 13.2. The van der Waals surface area contributed by atoms with E-state index in [1.807, 2.05) is 0 Å². The molecule has 2 aromatic carbocycles. The molecule has 176 valence electrons. The molecule has 1 N–H and O–H groups in total. The highest BCUT2D eigenvalue weighted by Crippen LogP contribution is 2.45. The van der Waals surface area contributed by atoms with Gasteiger partial charge in [-0.05, 0) is 29.8 Å². The van der Waals surface area contributed by atoms with Gasteiger partial charge in [0.1, 0.15) is 6.61 Å². The second kappa shape index (κ2) is 9.80. The number of benzene rings is 2. The Morgan fingerprint density at radius 1 is 0.969 bits per heavy atom. The molecule has 2 rings (SSSR count). The summed E-state index contributed by atoms with van der Waals surface area (Å²) < 4.78 is 99.2. The first-order chi connectivity index (χ1) is 14.7. The van der Waals surface area contributed by atoms with E-state index in [1.54, 1.807) is 12.1 Å². The molecule has 14 heteroatoms. The number of nitrogens with zero attached hydrogens (tertiary/aromatic N) is 1. The van der Waals surface area contributed by atoms with Gasteiger partial charge in [-0.2, -0.15) is 35.8 Å². The molecule has 0 amide bonds. The van der Waals surface area contributed by atoms with Gasteiger partial charge in [-0.1, -0.05) is 40.9 Å². The third-order valence-corrected chi connectivity index (χ3v) is 4.68. The maximum atomic E-state index is 13.2. The minimum absolute atomic E-state index is 0.00332. The van der Waals surface area contributed by atoms with Gasteiger partial charge in [0.2, 0.25) is 0 Å². The molecule has 0 aliphatic heterocycles. The Hall–Kier alpha value is -2.11. The zero-order chi connectivity index (χ0) is 24.3. The van der Waals surface area contributed by atoms with Crippen molar-refractivity contribution in [3.63, 3.8) is 0 Å². The second-order valence-corrected chi connectivity index (χ2v) is 7.33. The van der Waals surface area contributed by atoms with Crippen LogP contribution in [0.15, 0.2) is 35.4 Å². The van der Waals surface area contributed by atoms with Crippen LogP contribution >= 0.6 is 34.8 Å². The Morgan fingerprint density at radius 2 is 1.62 bits per heavy atom. The number of nitrogens with one attached hydrogen (secondary N) is 1. The number of rotatable bonds is 8. The summed E-state index contributed by atoms with van der Waals surface area (Å²) in [5.74, 6) is -6.33. The van der Waals surface area contributed by atoms with Gasteiger partial charge in [0.25, 0.3) is 0 Å². The molecule has 0 saturated carbocycles. The van der Waals surface area contributed by atoms with Crippen LogP contribution in [0.3, 0.4) is 0 Å². The third kappa shape index (κ3) is 5.81. The average Bonchev–Trinajstić information content (AvgIpc) is 2.66. The SMILES string of the molecule is COc1cc(/C=N/NC(F)(F)C(F)(F)C(F)(F)F)cc(Cl)c1OCc1ccc(Cl)cc1Cl. The van der Waals surface area contributed by atoms with Crippen molar-refractivity contribution in [1.29, 1.82) is 0 Å². The molecular formula is C18H12Cl3F7N2O2. The molecule has 0 bridgehead atoms. The highest BCUT2D eigenvalue weighted by molar-refractivity contribution is 6.35. The molecule has 0 saturated heterocycles. The van der Waals surface area contributed by atoms with Crippen molar-refractivity contribution in [3.05, 3.63) is 56.5 Å². The Labute approximate surface area is 191 Å². The summed E-state index contributed by atoms with van der Waals surface area (Å²) in [6.45, 7) is -0.0557. The van der Waals surface area contributed by atoms with E-state index in [0.29, 0.717) is 27.2 Å². The molecule has 0 spiro atoms. The molecule has 4 nitrogen and oxygen atoms in total. The summed E-state index contributed by atoms with van der Waals surface area (Å²) in [5, 5.41) is 3.39. The Balaban J connectivity index is 2.19. The molecule has 0 aromatic heterocycles. The molecule has 0 radical (unpaired) electrons. The summed E-state index contributed by atoms with van der Waals surface area (Å²) in [4.78, 5) is 0. The van der Waals surface area contributed by atoms with Crippen LogP contribution in [0, 0.1) is 0 Å². The maximum Gasteiger partial charge on any atom is 0.462 e. The van der Waals surface area contributed by atoms with Crippen molar-refractivity contribution >= 4 is 41.0 Å². The normalized spacial score (nSPS) is 12.8. The number of alkyl halides is 7. The first kappa shape index (κ1) is 26.1. The van der Waals surface area contributed by atoms with Crippen LogP contribution < -0.4 is 14.9 Å². The predicted molar refractivity (Wildman–Crippen MR) is 105 cm³/mol. The molecule has 0 heterocycles. The van der Waals surface area contributed by atoms with Gasteiger partial charge in [-0.15, -0.1) is 0 Å². The Bertz CT molecular complexity index is 1000. The zero-order valence-corrected chi connectivity index (χ0v) is 18.0. The van der Waals surface area contributed by atoms with Gasteiger partial charge in [-0.3, -0.25) is 0 Å². The van der Waals surface area contributed by atoms with Crippen molar-refractivity contribution in [2.45, 2.75) is 24.8 Å². The second-order valence-electron chi connectivity index (χ2n) is 6.08. The van der Waals surface area contributed by atoms with Crippen LogP contribution in [-0.4, -0.2) is 31.5 Å². The fourth-order valence-corrected chi connectivity index (χ4v) is 2.92. The minimum atomic E-state index is -6.49. The van der Waals surface area contributed by atoms with Crippen molar-refractivity contribution in [3.8, 4) is 11.5 Å². The summed E-state index contributed by atoms with van der Waals surface area (Å²) in [5.41, 5.74) is 0.994. The number of ether oxygens (including phenoxy) is 2. The summed E-state index contributed by atoms with van der Waals surface area (Å²) in [7, 11) is 1.23. The molecule has 0 aliphatic carbocycles. The molecule has 0 aliphatic rings. The molecule has 32 heavy (non-hydrogen) atoms. The van der Waals surface area contributed by atoms with Crippen molar-refractivity contribution < 1.29 is 40.2 Å². The van der Waals surface area contributed by atoms with E-state index in [9.17, 15) is 30.7 Å². The van der Waals surface area contributed by atoms with Gasteiger partial charge in [-0.25, -0.2) is 5.43 Å². The summed E-state index contributed by atoms with van der Waals surface area (Å²) >= 11 is 18.0. The van der Waals surface area contributed by atoms with Crippen LogP contribution in [0.2, 0.25) is 15.1 Å². The number of hydrazone groups is 1. The van der Waals surface area contributed by atoms with Crippen LogP contribution in [0.25, 0.3) is 0 Å². The van der Waals surface area contributed by atoms with E-state index >= 15 is 0 Å². The van der Waals surface area contributed by atoms with Crippen LogP contribution in [0.1, 0.15) is 11.1 Å². The zero-order valence-electron chi connectivity index (χ0n) is 15.7. The van der Waals surface area contributed by atoms with Crippen LogP contribution in [0.5, 0.6) is 11.5 Å². The van der Waals surface area contributed by atoms with Crippen LogP contribution in [-0.2, 0) is 6.61 Å². The first-order valence-electron chi connectivity index (χ1n) is 8.26. The lowest BCUT2D eigenvalue weighted by Gasteiger charge is -2.27. The standard InChI is InChI=1S/C18H12Cl3F7N2O2/c1-31-14-5-9(7-29-30-18(27,28)16(22,23)17(24,25)26)4-13(21)15(14)32-8-10-2-3-11(19)6-12(10)20/h2-7,30H,8H2,1H3/b29-7+. The lowest BCUT2D eigenvalue weighted by atomic mass is 10.2. The number of hydrogen-bond acceptors (Lipinski definition) is 4. The lowest BCUT2D eigenvalue weighted by molar-refractivity contribution is -0.361. The van der Waals surface area contributed by atoms with Gasteiger partial charge in [0.15, 0.2) is 11.5 Å². The van der Waals surface area contributed by atoms with Crippen molar-refractivity contribution in [1.82, 2.24) is 5.43 Å². The van der Waals surface area contributed by atoms with Gasteiger partial charge in [0, 0.05) is 15.6 Å². The van der Waals surface area contributed by atoms with E-state index in [-0.39, 0.29) is 28.7 Å². The predicted octanol–water partition coefficient (Wildman–Crippen LogP) is 6.95. The summed E-state index contributed by atoms with van der Waals surface area (Å²) in [6, 6.07) is 1.29. The van der Waals surface area contributed by atoms with E-state index in [4.69, 9.17) is 44.3 Å². The Kier molecular flexibility index (Phi) is 8.01.